The molecular weight excluding hydrogens is 338 g/mol. The Morgan fingerprint density at radius 3 is 2.68 bits per heavy atom. The van der Waals surface area contributed by atoms with Gasteiger partial charge >= 0.3 is 5.97 Å². The molecule has 0 unspecified atom stereocenters. The summed E-state index contributed by atoms with van der Waals surface area (Å²) in [6.07, 6.45) is 0. The zero-order chi connectivity index (χ0) is 17.8. The third kappa shape index (κ3) is 3.66. The van der Waals surface area contributed by atoms with Crippen molar-refractivity contribution in [3.8, 4) is 5.75 Å². The summed E-state index contributed by atoms with van der Waals surface area (Å²) in [4.78, 5) is 19.7. The number of nitrogens with zero attached hydrogens (tertiary/aromatic N) is 2. The molecule has 25 heavy (non-hydrogen) atoms. The monoisotopic (exact) mass is 359 g/mol. The fourth-order valence-electron chi connectivity index (χ4n) is 2.61. The van der Waals surface area contributed by atoms with Gasteiger partial charge in [0.2, 0.25) is 0 Å². The lowest BCUT2D eigenvalue weighted by molar-refractivity contribution is 0.0520. The van der Waals surface area contributed by atoms with Crippen LogP contribution in [0.15, 0.2) is 35.5 Å². The van der Waals surface area contributed by atoms with Crippen LogP contribution in [-0.2, 0) is 11.3 Å². The van der Waals surface area contributed by atoms with Crippen LogP contribution in [0.5, 0.6) is 5.75 Å². The van der Waals surface area contributed by atoms with E-state index in [0.717, 1.165) is 27.7 Å². The molecule has 3 aromatic rings. The lowest BCUT2D eigenvalue weighted by atomic mass is 10.2. The fourth-order valence-corrected chi connectivity index (χ4v) is 3.34. The molecule has 0 atom stereocenters. The van der Waals surface area contributed by atoms with Crippen LogP contribution in [0.2, 0.25) is 0 Å². The molecule has 0 aliphatic heterocycles. The summed E-state index contributed by atoms with van der Waals surface area (Å²) >= 11 is 1.67. The molecule has 0 spiro atoms. The summed E-state index contributed by atoms with van der Waals surface area (Å²) in [6, 6.07) is 9.76. The Morgan fingerprint density at radius 2 is 2.04 bits per heavy atom. The summed E-state index contributed by atoms with van der Waals surface area (Å²) in [5.41, 5.74) is 3.16. The molecule has 7 heteroatoms. The number of esters is 1. The molecule has 0 radical (unpaired) electrons. The summed E-state index contributed by atoms with van der Waals surface area (Å²) < 4.78 is 12.4. The maximum atomic E-state index is 12.0. The fraction of sp³-hybridized carbons (Fsp3) is 0.333. The smallest absolute Gasteiger partial charge is 0.354 e. The van der Waals surface area contributed by atoms with Crippen molar-refractivity contribution in [2.24, 2.45) is 0 Å². The SMILES string of the molecule is CCOC(=O)c1cc2c(nc(SCC)n2Cc2ccc(OC)cc2)[nH]1. The number of thioether (sulfide) groups is 1. The number of hydrogen-bond acceptors (Lipinski definition) is 5. The summed E-state index contributed by atoms with van der Waals surface area (Å²) in [7, 11) is 1.65. The van der Waals surface area contributed by atoms with Crippen LogP contribution in [0.25, 0.3) is 11.2 Å². The Kier molecular flexibility index (Phi) is 5.33. The molecule has 6 nitrogen and oxygen atoms in total. The topological polar surface area (TPSA) is 69.1 Å². The highest BCUT2D eigenvalue weighted by Gasteiger charge is 2.18. The number of hydrogen-bond donors (Lipinski definition) is 1. The zero-order valence-electron chi connectivity index (χ0n) is 14.5. The molecule has 3 rings (SSSR count). The van der Waals surface area contributed by atoms with Gasteiger partial charge in [-0.15, -0.1) is 0 Å². The molecule has 0 aliphatic carbocycles. The number of carbonyl (C=O) groups is 1. The highest BCUT2D eigenvalue weighted by Crippen LogP contribution is 2.26. The molecule has 2 heterocycles. The average Bonchev–Trinajstić information content (AvgIpc) is 3.16. The predicted octanol–water partition coefficient (Wildman–Crippen LogP) is 3.71. The average molecular weight is 359 g/mol. The van der Waals surface area contributed by atoms with Gasteiger partial charge in [0.1, 0.15) is 11.4 Å². The van der Waals surface area contributed by atoms with Crippen molar-refractivity contribution in [2.45, 2.75) is 25.5 Å². The minimum atomic E-state index is -0.360. The first-order valence-corrected chi connectivity index (χ1v) is 9.16. The van der Waals surface area contributed by atoms with E-state index in [1.165, 1.54) is 0 Å². The van der Waals surface area contributed by atoms with Crippen LogP contribution in [0, 0.1) is 0 Å². The second-order valence-electron chi connectivity index (χ2n) is 5.40. The number of methoxy groups -OCH3 is 1. The Balaban J connectivity index is 1.97. The number of imidazole rings is 1. The first kappa shape index (κ1) is 17.4. The molecule has 0 amide bonds. The van der Waals surface area contributed by atoms with Gasteiger partial charge in [0.05, 0.1) is 25.8 Å². The van der Waals surface area contributed by atoms with Gasteiger partial charge in [-0.25, -0.2) is 9.78 Å². The van der Waals surface area contributed by atoms with Crippen LogP contribution in [0.4, 0.5) is 0 Å². The van der Waals surface area contributed by atoms with E-state index in [4.69, 9.17) is 9.47 Å². The Morgan fingerprint density at radius 1 is 1.28 bits per heavy atom. The predicted molar refractivity (Wildman–Crippen MR) is 98.5 cm³/mol. The lowest BCUT2D eigenvalue weighted by Crippen LogP contribution is -2.05. The standard InChI is InChI=1S/C18H21N3O3S/c1-4-24-17(22)14-10-15-16(19-14)20-18(25-5-2)21(15)11-12-6-8-13(23-3)9-7-12/h6-10,19H,4-5,11H2,1-3H3. The first-order chi connectivity index (χ1) is 12.2. The maximum Gasteiger partial charge on any atom is 0.354 e. The third-order valence-electron chi connectivity index (χ3n) is 3.77. The van der Waals surface area contributed by atoms with Crippen molar-refractivity contribution in [2.75, 3.05) is 19.5 Å². The summed E-state index contributed by atoms with van der Waals surface area (Å²) in [5, 5.41) is 0.926. The van der Waals surface area contributed by atoms with E-state index < -0.39 is 0 Å². The van der Waals surface area contributed by atoms with Gasteiger partial charge in [0.25, 0.3) is 0 Å². The van der Waals surface area contributed by atoms with Crippen LogP contribution >= 0.6 is 11.8 Å². The third-order valence-corrected chi connectivity index (χ3v) is 4.63. The molecule has 0 fully saturated rings. The molecule has 0 saturated carbocycles. The van der Waals surface area contributed by atoms with E-state index in [0.29, 0.717) is 24.5 Å². The van der Waals surface area contributed by atoms with E-state index in [1.54, 1.807) is 25.8 Å². The van der Waals surface area contributed by atoms with E-state index in [1.807, 2.05) is 30.3 Å². The Labute approximate surface area is 150 Å². The number of aromatic nitrogens is 3. The number of aromatic amines is 1. The number of H-pyrrole nitrogens is 1. The number of fused-ring (bicyclic) bond motifs is 1. The van der Waals surface area contributed by atoms with Crippen molar-refractivity contribution in [3.63, 3.8) is 0 Å². The molecule has 0 aliphatic rings. The maximum absolute atomic E-state index is 12.0. The number of rotatable bonds is 7. The van der Waals surface area contributed by atoms with Crippen molar-refractivity contribution in [1.29, 1.82) is 0 Å². The van der Waals surface area contributed by atoms with E-state index in [-0.39, 0.29) is 5.97 Å². The number of carbonyl (C=O) groups excluding carboxylic acids is 1. The normalized spacial score (nSPS) is 11.0. The minimum Gasteiger partial charge on any atom is -0.497 e. The molecule has 0 saturated heterocycles. The largest absolute Gasteiger partial charge is 0.497 e. The van der Waals surface area contributed by atoms with E-state index >= 15 is 0 Å². The lowest BCUT2D eigenvalue weighted by Gasteiger charge is -2.09. The summed E-state index contributed by atoms with van der Waals surface area (Å²) in [5.74, 6) is 1.39. The molecule has 132 valence electrons. The minimum absolute atomic E-state index is 0.346. The second kappa shape index (κ2) is 7.65. The quantitative estimate of drug-likeness (QED) is 0.514. The van der Waals surface area contributed by atoms with Crippen LogP contribution in [-0.4, -0.2) is 40.0 Å². The van der Waals surface area contributed by atoms with E-state index in [2.05, 4.69) is 21.5 Å². The number of nitrogens with one attached hydrogen (secondary N) is 1. The van der Waals surface area contributed by atoms with Gasteiger partial charge in [-0.05, 0) is 36.4 Å². The molecule has 1 N–H and O–H groups in total. The molecule has 2 aromatic heterocycles. The Bertz CT molecular complexity index is 868. The van der Waals surface area contributed by atoms with Crippen molar-refractivity contribution >= 4 is 28.9 Å². The van der Waals surface area contributed by atoms with Gasteiger partial charge in [0, 0.05) is 0 Å². The Hall–Kier alpha value is -2.41. The van der Waals surface area contributed by atoms with Crippen molar-refractivity contribution < 1.29 is 14.3 Å². The van der Waals surface area contributed by atoms with E-state index in [9.17, 15) is 4.79 Å². The van der Waals surface area contributed by atoms with Crippen LogP contribution in [0.1, 0.15) is 29.9 Å². The molecular formula is C18H21N3O3S. The van der Waals surface area contributed by atoms with Gasteiger partial charge in [-0.1, -0.05) is 30.8 Å². The first-order valence-electron chi connectivity index (χ1n) is 8.18. The van der Waals surface area contributed by atoms with Gasteiger partial charge < -0.3 is 19.0 Å². The highest BCUT2D eigenvalue weighted by atomic mass is 32.2. The number of ether oxygens (including phenoxy) is 2. The van der Waals surface area contributed by atoms with Gasteiger partial charge in [-0.2, -0.15) is 0 Å². The highest BCUT2D eigenvalue weighted by molar-refractivity contribution is 7.99. The molecule has 1 aromatic carbocycles. The number of benzene rings is 1. The van der Waals surface area contributed by atoms with Gasteiger partial charge in [0.15, 0.2) is 10.8 Å². The zero-order valence-corrected chi connectivity index (χ0v) is 15.4. The summed E-state index contributed by atoms with van der Waals surface area (Å²) in [6.45, 7) is 4.90. The van der Waals surface area contributed by atoms with Crippen LogP contribution in [0.3, 0.4) is 0 Å². The van der Waals surface area contributed by atoms with Crippen molar-refractivity contribution in [3.05, 3.63) is 41.6 Å². The van der Waals surface area contributed by atoms with Crippen molar-refractivity contribution in [1.82, 2.24) is 14.5 Å². The van der Waals surface area contributed by atoms with Gasteiger partial charge in [-0.3, -0.25) is 0 Å². The second-order valence-corrected chi connectivity index (χ2v) is 6.63. The molecule has 0 bridgehead atoms. The van der Waals surface area contributed by atoms with Crippen LogP contribution < -0.4 is 4.74 Å².